The number of rotatable bonds is 9. The molecule has 5 aromatic rings. The second kappa shape index (κ2) is 13.3. The van der Waals surface area contributed by atoms with E-state index >= 15 is 0 Å². The van der Waals surface area contributed by atoms with E-state index in [2.05, 4.69) is 31.4 Å². The number of carbonyl (C=O) groups excluding carboxylic acids is 3. The molecular weight excluding hydrogens is 630 g/mol. The van der Waals surface area contributed by atoms with Gasteiger partial charge in [0.2, 0.25) is 0 Å². The van der Waals surface area contributed by atoms with E-state index in [-0.39, 0.29) is 22.8 Å². The molecule has 0 bridgehead atoms. The van der Waals surface area contributed by atoms with Crippen molar-refractivity contribution < 1.29 is 33.3 Å². The molecule has 1 aromatic heterocycles. The third-order valence-corrected chi connectivity index (χ3v) is 7.18. The molecule has 0 atom stereocenters. The second-order valence-corrected chi connectivity index (χ2v) is 10.2. The fourth-order valence-electron chi connectivity index (χ4n) is 4.56. The maximum atomic E-state index is 13.5. The lowest BCUT2D eigenvalue weighted by Crippen LogP contribution is -2.19. The molecular formula is C33H26BrN3O7. The number of nitrogens with one attached hydrogen (secondary N) is 2. The molecule has 0 unspecified atom stereocenters. The van der Waals surface area contributed by atoms with Crippen LogP contribution in [0.15, 0.2) is 94.5 Å². The summed E-state index contributed by atoms with van der Waals surface area (Å²) < 4.78 is 22.3. The molecule has 0 saturated carbocycles. The van der Waals surface area contributed by atoms with Crippen LogP contribution >= 0.6 is 15.9 Å². The van der Waals surface area contributed by atoms with E-state index < -0.39 is 17.8 Å². The Bertz CT molecular complexity index is 1900. The number of aromatic nitrogens is 1. The first-order valence-corrected chi connectivity index (χ1v) is 14.0. The Hall–Kier alpha value is -5.42. The summed E-state index contributed by atoms with van der Waals surface area (Å²) >= 11 is 3.61. The number of para-hydroxylation sites is 1. The normalized spacial score (nSPS) is 10.9. The number of amides is 1. The average Bonchev–Trinajstić information content (AvgIpc) is 3.44. The van der Waals surface area contributed by atoms with Gasteiger partial charge in [0.05, 0.1) is 31.5 Å². The van der Waals surface area contributed by atoms with Crippen molar-refractivity contribution in [2.45, 2.75) is 6.92 Å². The number of methoxy groups -OCH3 is 2. The van der Waals surface area contributed by atoms with Crippen LogP contribution in [-0.4, -0.2) is 43.3 Å². The molecule has 222 valence electrons. The van der Waals surface area contributed by atoms with Gasteiger partial charge in [-0.1, -0.05) is 58.4 Å². The molecule has 0 fully saturated rings. The molecule has 1 amide bonds. The minimum absolute atomic E-state index is 0.173. The Morgan fingerprint density at radius 2 is 1.52 bits per heavy atom. The second-order valence-electron chi connectivity index (χ2n) is 9.33. The van der Waals surface area contributed by atoms with Gasteiger partial charge in [0.15, 0.2) is 11.5 Å². The van der Waals surface area contributed by atoms with Crippen LogP contribution in [0.4, 0.5) is 0 Å². The fourth-order valence-corrected chi connectivity index (χ4v) is 5.09. The highest BCUT2D eigenvalue weighted by Crippen LogP contribution is 2.41. The summed E-state index contributed by atoms with van der Waals surface area (Å²) in [6, 6.07) is 24.2. The van der Waals surface area contributed by atoms with Gasteiger partial charge in [-0.2, -0.15) is 5.10 Å². The van der Waals surface area contributed by atoms with Crippen LogP contribution in [0.3, 0.4) is 0 Å². The third-order valence-electron chi connectivity index (χ3n) is 6.52. The van der Waals surface area contributed by atoms with E-state index in [4.69, 9.17) is 18.9 Å². The SMILES string of the molecule is COc1cc(C(=O)Oc2ccccc2C=NNC(=O)c2[nH]c3c(OC)ccc(Br)c3c2-c2ccccc2)ccc1OC(C)=O. The Labute approximate surface area is 260 Å². The molecule has 0 radical (unpaired) electrons. The summed E-state index contributed by atoms with van der Waals surface area (Å²) in [6.07, 6.45) is 1.38. The number of hydrogen-bond donors (Lipinski definition) is 2. The number of benzene rings is 4. The quantitative estimate of drug-likeness (QED) is 0.0800. The Balaban J connectivity index is 1.39. The first-order chi connectivity index (χ1) is 21.3. The van der Waals surface area contributed by atoms with Crippen LogP contribution in [0.2, 0.25) is 0 Å². The zero-order valence-corrected chi connectivity index (χ0v) is 25.4. The van der Waals surface area contributed by atoms with E-state index in [1.54, 1.807) is 37.4 Å². The number of carbonyl (C=O) groups is 3. The highest BCUT2D eigenvalue weighted by molar-refractivity contribution is 9.10. The largest absolute Gasteiger partial charge is 0.495 e. The molecule has 0 aliphatic heterocycles. The van der Waals surface area contributed by atoms with Gasteiger partial charge >= 0.3 is 11.9 Å². The molecule has 0 aliphatic rings. The van der Waals surface area contributed by atoms with Crippen molar-refractivity contribution >= 4 is 50.9 Å². The standard InChI is InChI=1S/C33H26BrN3O7/c1-19(38)43-25-15-13-21(17-27(25)42-3)33(40)44-24-12-8-7-11-22(24)18-35-37-32(39)31-28(20-9-5-4-6-10-20)29-23(34)14-16-26(41-2)30(29)36-31/h4-18,36H,1-3H3,(H,37,39). The number of aromatic amines is 1. The molecule has 4 aromatic carbocycles. The summed E-state index contributed by atoms with van der Waals surface area (Å²) in [5, 5.41) is 4.94. The number of halogens is 1. The zero-order chi connectivity index (χ0) is 31.2. The zero-order valence-electron chi connectivity index (χ0n) is 23.8. The maximum absolute atomic E-state index is 13.5. The number of hydrogen-bond acceptors (Lipinski definition) is 8. The van der Waals surface area contributed by atoms with Gasteiger partial charge in [-0.05, 0) is 48.0 Å². The van der Waals surface area contributed by atoms with E-state index in [0.717, 1.165) is 15.4 Å². The van der Waals surface area contributed by atoms with Crippen LogP contribution in [0.1, 0.15) is 33.3 Å². The number of nitrogens with zero attached hydrogens (tertiary/aromatic N) is 1. The highest BCUT2D eigenvalue weighted by atomic mass is 79.9. The summed E-state index contributed by atoms with van der Waals surface area (Å²) in [7, 11) is 2.96. The van der Waals surface area contributed by atoms with Crippen molar-refractivity contribution in [3.63, 3.8) is 0 Å². The van der Waals surface area contributed by atoms with Crippen molar-refractivity contribution in [3.05, 3.63) is 106 Å². The lowest BCUT2D eigenvalue weighted by molar-refractivity contribution is -0.132. The van der Waals surface area contributed by atoms with E-state index in [1.165, 1.54) is 38.4 Å². The Morgan fingerprint density at radius 1 is 0.818 bits per heavy atom. The topological polar surface area (TPSA) is 128 Å². The minimum atomic E-state index is -0.673. The Kier molecular flexibility index (Phi) is 9.06. The maximum Gasteiger partial charge on any atom is 0.343 e. The van der Waals surface area contributed by atoms with Crippen molar-refractivity contribution in [1.29, 1.82) is 0 Å². The van der Waals surface area contributed by atoms with Crippen molar-refractivity contribution in [3.8, 4) is 34.1 Å². The molecule has 0 saturated heterocycles. The monoisotopic (exact) mass is 655 g/mol. The highest BCUT2D eigenvalue weighted by Gasteiger charge is 2.23. The molecule has 1 heterocycles. The molecule has 44 heavy (non-hydrogen) atoms. The van der Waals surface area contributed by atoms with Gasteiger partial charge in [0.25, 0.3) is 5.91 Å². The summed E-state index contributed by atoms with van der Waals surface area (Å²) in [5.74, 6) is -0.514. The van der Waals surface area contributed by atoms with Gasteiger partial charge in [0, 0.05) is 27.9 Å². The minimum Gasteiger partial charge on any atom is -0.495 e. The van der Waals surface area contributed by atoms with Crippen LogP contribution < -0.4 is 24.4 Å². The predicted octanol–water partition coefficient (Wildman–Crippen LogP) is 6.52. The van der Waals surface area contributed by atoms with Gasteiger partial charge in [-0.3, -0.25) is 9.59 Å². The molecule has 0 spiro atoms. The summed E-state index contributed by atoms with van der Waals surface area (Å²) in [6.45, 7) is 1.26. The van der Waals surface area contributed by atoms with Gasteiger partial charge < -0.3 is 23.9 Å². The first kappa shape index (κ1) is 30.1. The number of H-pyrrole nitrogens is 1. The first-order valence-electron chi connectivity index (χ1n) is 13.2. The van der Waals surface area contributed by atoms with Crippen molar-refractivity contribution in [1.82, 2.24) is 10.4 Å². The van der Waals surface area contributed by atoms with Crippen molar-refractivity contribution in [2.24, 2.45) is 5.10 Å². The summed E-state index contributed by atoms with van der Waals surface area (Å²) in [5.41, 5.74) is 5.64. The smallest absolute Gasteiger partial charge is 0.343 e. The summed E-state index contributed by atoms with van der Waals surface area (Å²) in [4.78, 5) is 41.0. The van der Waals surface area contributed by atoms with Gasteiger partial charge in [0.1, 0.15) is 17.2 Å². The van der Waals surface area contributed by atoms with Gasteiger partial charge in [-0.25, -0.2) is 10.2 Å². The molecule has 0 aliphatic carbocycles. The number of fused-ring (bicyclic) bond motifs is 1. The van der Waals surface area contributed by atoms with Crippen molar-refractivity contribution in [2.75, 3.05) is 14.2 Å². The molecule has 5 rings (SSSR count). The predicted molar refractivity (Wildman–Crippen MR) is 169 cm³/mol. The van der Waals surface area contributed by atoms with Crippen LogP contribution in [0.25, 0.3) is 22.0 Å². The number of ether oxygens (including phenoxy) is 4. The van der Waals surface area contributed by atoms with Crippen LogP contribution in [-0.2, 0) is 4.79 Å². The lowest BCUT2D eigenvalue weighted by atomic mass is 10.0. The lowest BCUT2D eigenvalue weighted by Gasteiger charge is -2.11. The number of esters is 2. The molecule has 2 N–H and O–H groups in total. The molecule has 10 nitrogen and oxygen atoms in total. The van der Waals surface area contributed by atoms with Crippen LogP contribution in [0.5, 0.6) is 23.0 Å². The third kappa shape index (κ3) is 6.32. The fraction of sp³-hybridized carbons (Fsp3) is 0.0909. The van der Waals surface area contributed by atoms with Gasteiger partial charge in [-0.15, -0.1) is 0 Å². The van der Waals surface area contributed by atoms with E-state index in [0.29, 0.717) is 28.1 Å². The van der Waals surface area contributed by atoms with E-state index in [1.807, 2.05) is 36.4 Å². The molecule has 11 heteroatoms. The average molecular weight is 656 g/mol. The van der Waals surface area contributed by atoms with E-state index in [9.17, 15) is 14.4 Å². The number of hydrazone groups is 1. The van der Waals surface area contributed by atoms with Crippen LogP contribution in [0, 0.1) is 0 Å². The Morgan fingerprint density at radius 3 is 2.25 bits per heavy atom.